The molecular weight excluding hydrogens is 393 g/mol. The van der Waals surface area contributed by atoms with E-state index in [9.17, 15) is 18.0 Å². The summed E-state index contributed by atoms with van der Waals surface area (Å²) in [5, 5.41) is 6.60. The fourth-order valence-corrected chi connectivity index (χ4v) is 3.67. The summed E-state index contributed by atoms with van der Waals surface area (Å²) >= 11 is 0. The Morgan fingerprint density at radius 1 is 1.30 bits per heavy atom. The lowest BCUT2D eigenvalue weighted by atomic mass is 9.88. The van der Waals surface area contributed by atoms with Gasteiger partial charge in [-0.3, -0.25) is 4.79 Å². The Kier molecular flexibility index (Phi) is 4.57. The Balaban J connectivity index is 1.91. The number of hydrogen-bond acceptors (Lipinski definition) is 3. The molecule has 0 bridgehead atoms. The van der Waals surface area contributed by atoms with Crippen LogP contribution in [0.2, 0.25) is 0 Å². The minimum Gasteiger partial charge on any atom is -0.335 e. The molecule has 2 heterocycles. The lowest BCUT2D eigenvalue weighted by Crippen LogP contribution is -2.44. The lowest BCUT2D eigenvalue weighted by molar-refractivity contribution is -0.143. The van der Waals surface area contributed by atoms with Crippen molar-refractivity contribution in [2.45, 2.75) is 44.8 Å². The SMILES string of the molecule is C#C[C@@](C)(CC)NC(=O)c1cc2nc3c(c(C(F)(F)F)n2n1)CCc1ccccc1-3. The number of terminal acetylenes is 1. The van der Waals surface area contributed by atoms with Crippen molar-refractivity contribution in [2.24, 2.45) is 0 Å². The summed E-state index contributed by atoms with van der Waals surface area (Å²) in [5.41, 5.74) is -0.0428. The standard InChI is InChI=1S/C22H19F3N4O/c1-4-21(3,5-2)27-20(30)16-12-17-26-18-14-9-7-6-8-13(14)10-11-15(18)19(22(23,24)25)29(17)28-16/h1,6-9,12H,5,10-11H2,2-3H3,(H,27,30)/t21-/m0/s1. The van der Waals surface area contributed by atoms with Crippen LogP contribution in [0, 0.1) is 12.3 Å². The highest BCUT2D eigenvalue weighted by Crippen LogP contribution is 2.40. The number of fused-ring (bicyclic) bond motifs is 4. The molecule has 1 atom stereocenters. The lowest BCUT2D eigenvalue weighted by Gasteiger charge is -2.23. The molecule has 1 aliphatic rings. The van der Waals surface area contributed by atoms with Gasteiger partial charge in [0.25, 0.3) is 5.91 Å². The van der Waals surface area contributed by atoms with Gasteiger partial charge in [0.1, 0.15) is 0 Å². The minimum absolute atomic E-state index is 0.0400. The molecule has 3 aromatic rings. The summed E-state index contributed by atoms with van der Waals surface area (Å²) in [6.07, 6.45) is 1.94. The van der Waals surface area contributed by atoms with Gasteiger partial charge in [-0.1, -0.05) is 37.1 Å². The number of carbonyl (C=O) groups is 1. The van der Waals surface area contributed by atoms with E-state index in [1.807, 2.05) is 12.1 Å². The second kappa shape index (κ2) is 6.87. The number of halogens is 3. The highest BCUT2D eigenvalue weighted by Gasteiger charge is 2.40. The molecule has 2 aromatic heterocycles. The first-order valence-electron chi connectivity index (χ1n) is 9.55. The summed E-state index contributed by atoms with van der Waals surface area (Å²) in [4.78, 5) is 17.1. The Labute approximate surface area is 171 Å². The molecule has 0 saturated carbocycles. The van der Waals surface area contributed by atoms with Crippen molar-refractivity contribution in [2.75, 3.05) is 0 Å². The molecule has 4 rings (SSSR count). The Hall–Kier alpha value is -3.34. The number of benzene rings is 1. The first-order chi connectivity index (χ1) is 14.2. The molecule has 30 heavy (non-hydrogen) atoms. The molecule has 0 fully saturated rings. The van der Waals surface area contributed by atoms with Crippen LogP contribution in [0.1, 0.15) is 47.6 Å². The summed E-state index contributed by atoms with van der Waals surface area (Å²) in [5.74, 6) is 1.85. The van der Waals surface area contributed by atoms with Gasteiger partial charge < -0.3 is 5.32 Å². The van der Waals surface area contributed by atoms with Crippen LogP contribution in [0.15, 0.2) is 30.3 Å². The average Bonchev–Trinajstić information content (AvgIpc) is 3.14. The number of nitrogens with one attached hydrogen (secondary N) is 1. The maximum atomic E-state index is 14.1. The van der Waals surface area contributed by atoms with E-state index in [4.69, 9.17) is 6.42 Å². The van der Waals surface area contributed by atoms with Crippen molar-refractivity contribution in [1.82, 2.24) is 19.9 Å². The zero-order valence-corrected chi connectivity index (χ0v) is 16.5. The molecule has 1 aromatic carbocycles. The molecule has 0 radical (unpaired) electrons. The van der Waals surface area contributed by atoms with E-state index in [0.717, 1.165) is 10.1 Å². The number of rotatable bonds is 3. The van der Waals surface area contributed by atoms with Gasteiger partial charge in [-0.05, 0) is 31.7 Å². The van der Waals surface area contributed by atoms with Crippen LogP contribution in [-0.2, 0) is 19.0 Å². The van der Waals surface area contributed by atoms with Crippen LogP contribution in [0.3, 0.4) is 0 Å². The van der Waals surface area contributed by atoms with Gasteiger partial charge in [0.05, 0.1) is 11.2 Å². The third kappa shape index (κ3) is 3.20. The summed E-state index contributed by atoms with van der Waals surface area (Å²) < 4.78 is 42.9. The molecule has 1 aliphatic carbocycles. The molecule has 0 aliphatic heterocycles. The monoisotopic (exact) mass is 412 g/mol. The van der Waals surface area contributed by atoms with Crippen molar-refractivity contribution in [1.29, 1.82) is 0 Å². The molecule has 0 spiro atoms. The average molecular weight is 412 g/mol. The highest BCUT2D eigenvalue weighted by molar-refractivity contribution is 5.94. The fourth-order valence-electron chi connectivity index (χ4n) is 3.67. The Morgan fingerprint density at radius 3 is 2.70 bits per heavy atom. The van der Waals surface area contributed by atoms with Gasteiger partial charge in [0, 0.05) is 17.2 Å². The second-order valence-electron chi connectivity index (χ2n) is 7.53. The fraction of sp³-hybridized carbons (Fsp3) is 0.318. The summed E-state index contributed by atoms with van der Waals surface area (Å²) in [6.45, 7) is 3.47. The topological polar surface area (TPSA) is 59.3 Å². The third-order valence-corrected chi connectivity index (χ3v) is 5.53. The molecule has 5 nitrogen and oxygen atoms in total. The predicted molar refractivity (Wildman–Crippen MR) is 106 cm³/mol. The number of aromatic nitrogens is 3. The molecule has 154 valence electrons. The highest BCUT2D eigenvalue weighted by atomic mass is 19.4. The minimum atomic E-state index is -4.66. The Morgan fingerprint density at radius 2 is 2.03 bits per heavy atom. The number of aryl methyl sites for hydroxylation is 1. The van der Waals surface area contributed by atoms with Gasteiger partial charge in [-0.15, -0.1) is 6.42 Å². The van der Waals surface area contributed by atoms with E-state index in [1.54, 1.807) is 26.0 Å². The molecular formula is C22H19F3N4O. The molecule has 0 saturated heterocycles. The van der Waals surface area contributed by atoms with E-state index in [1.165, 1.54) is 6.07 Å². The van der Waals surface area contributed by atoms with E-state index < -0.39 is 23.3 Å². The molecule has 1 amide bonds. The quantitative estimate of drug-likeness (QED) is 0.661. The van der Waals surface area contributed by atoms with Crippen molar-refractivity contribution in [3.05, 3.63) is 52.8 Å². The maximum Gasteiger partial charge on any atom is 0.433 e. The first-order valence-corrected chi connectivity index (χ1v) is 9.55. The van der Waals surface area contributed by atoms with E-state index in [-0.39, 0.29) is 29.0 Å². The second-order valence-corrected chi connectivity index (χ2v) is 7.53. The smallest absolute Gasteiger partial charge is 0.335 e. The van der Waals surface area contributed by atoms with Crippen LogP contribution < -0.4 is 5.32 Å². The molecule has 8 heteroatoms. The molecule has 0 unspecified atom stereocenters. The summed E-state index contributed by atoms with van der Waals surface area (Å²) in [6, 6.07) is 8.53. The summed E-state index contributed by atoms with van der Waals surface area (Å²) in [7, 11) is 0. The van der Waals surface area contributed by atoms with Gasteiger partial charge >= 0.3 is 6.18 Å². The normalized spacial score (nSPS) is 15.1. The number of carbonyl (C=O) groups excluding carboxylic acids is 1. The van der Waals surface area contributed by atoms with Crippen LogP contribution >= 0.6 is 0 Å². The third-order valence-electron chi connectivity index (χ3n) is 5.53. The van der Waals surface area contributed by atoms with Crippen molar-refractivity contribution in [3.8, 4) is 23.6 Å². The van der Waals surface area contributed by atoms with Crippen molar-refractivity contribution < 1.29 is 18.0 Å². The van der Waals surface area contributed by atoms with Crippen LogP contribution in [0.25, 0.3) is 16.9 Å². The first kappa shape index (κ1) is 20.0. The van der Waals surface area contributed by atoms with E-state index >= 15 is 0 Å². The van der Waals surface area contributed by atoms with Gasteiger partial charge in [0.15, 0.2) is 17.0 Å². The van der Waals surface area contributed by atoms with Crippen molar-refractivity contribution in [3.63, 3.8) is 0 Å². The van der Waals surface area contributed by atoms with Gasteiger partial charge in [-0.25, -0.2) is 9.50 Å². The van der Waals surface area contributed by atoms with Crippen molar-refractivity contribution >= 4 is 11.6 Å². The number of nitrogens with zero attached hydrogens (tertiary/aromatic N) is 3. The van der Waals surface area contributed by atoms with Crippen LogP contribution in [0.4, 0.5) is 13.2 Å². The maximum absolute atomic E-state index is 14.1. The zero-order valence-electron chi connectivity index (χ0n) is 16.5. The molecule has 1 N–H and O–H groups in total. The zero-order chi connectivity index (χ0) is 21.7. The predicted octanol–water partition coefficient (Wildman–Crippen LogP) is 4.05. The number of amides is 1. The Bertz CT molecular complexity index is 1210. The van der Waals surface area contributed by atoms with E-state index in [2.05, 4.69) is 21.3 Å². The van der Waals surface area contributed by atoms with E-state index in [0.29, 0.717) is 18.4 Å². The largest absolute Gasteiger partial charge is 0.433 e. The number of hydrogen-bond donors (Lipinski definition) is 1. The van der Waals surface area contributed by atoms with Crippen LogP contribution in [-0.4, -0.2) is 26.0 Å². The number of alkyl halides is 3. The van der Waals surface area contributed by atoms with Gasteiger partial charge in [0.2, 0.25) is 0 Å². The van der Waals surface area contributed by atoms with Crippen LogP contribution in [0.5, 0.6) is 0 Å². The van der Waals surface area contributed by atoms with Gasteiger partial charge in [-0.2, -0.15) is 18.3 Å².